The fourth-order valence-electron chi connectivity index (χ4n) is 1.56. The van der Waals surface area contributed by atoms with Crippen molar-refractivity contribution in [2.45, 2.75) is 39.8 Å². The van der Waals surface area contributed by atoms with Crippen LogP contribution in [0, 0.1) is 6.92 Å². The molecule has 2 aromatic heterocycles. The van der Waals surface area contributed by atoms with Gasteiger partial charge in [-0.05, 0) is 6.92 Å². The normalized spacial score (nSPS) is 11.3. The average molecular weight is 250 g/mol. The van der Waals surface area contributed by atoms with Crippen molar-refractivity contribution < 1.29 is 0 Å². The molecule has 0 bridgehead atoms. The van der Waals surface area contributed by atoms with Crippen LogP contribution in [0.15, 0.2) is 11.6 Å². The third-order valence-electron chi connectivity index (χ3n) is 2.40. The predicted octanol–water partition coefficient (Wildman–Crippen LogP) is 2.26. The lowest BCUT2D eigenvalue weighted by Crippen LogP contribution is -2.21. The highest BCUT2D eigenvalue weighted by Gasteiger charge is 2.05. The van der Waals surface area contributed by atoms with Crippen LogP contribution in [-0.4, -0.2) is 21.0 Å². The van der Waals surface area contributed by atoms with Gasteiger partial charge in [0.15, 0.2) is 0 Å². The zero-order valence-corrected chi connectivity index (χ0v) is 11.3. The van der Waals surface area contributed by atoms with Crippen LogP contribution in [0.25, 0.3) is 0 Å². The Hall–Kier alpha value is -1.20. The van der Waals surface area contributed by atoms with Gasteiger partial charge in [0.1, 0.15) is 5.82 Å². The van der Waals surface area contributed by atoms with Crippen LogP contribution in [0.2, 0.25) is 0 Å². The quantitative estimate of drug-likeness (QED) is 0.856. The second-order valence-corrected chi connectivity index (χ2v) is 5.49. The van der Waals surface area contributed by atoms with E-state index >= 15 is 0 Å². The second kappa shape index (κ2) is 5.42. The number of hydrogen-bond acceptors (Lipinski definition) is 4. The maximum atomic E-state index is 4.43. The molecule has 0 saturated carbocycles. The molecule has 17 heavy (non-hydrogen) atoms. The SMILES string of the molecule is Cc1nc(Cc2ncc(CNC(C)C)[nH]2)cs1. The number of imidazole rings is 1. The van der Waals surface area contributed by atoms with E-state index in [0.29, 0.717) is 6.04 Å². The molecule has 4 nitrogen and oxygen atoms in total. The smallest absolute Gasteiger partial charge is 0.112 e. The summed E-state index contributed by atoms with van der Waals surface area (Å²) in [6, 6.07) is 0.489. The monoisotopic (exact) mass is 250 g/mol. The number of thiazole rings is 1. The molecule has 0 spiro atoms. The van der Waals surface area contributed by atoms with Gasteiger partial charge in [0.2, 0.25) is 0 Å². The zero-order valence-electron chi connectivity index (χ0n) is 10.4. The van der Waals surface area contributed by atoms with E-state index in [1.807, 2.05) is 13.1 Å². The molecule has 0 saturated heterocycles. The van der Waals surface area contributed by atoms with E-state index in [1.165, 1.54) is 0 Å². The Kier molecular flexibility index (Phi) is 3.91. The summed E-state index contributed by atoms with van der Waals surface area (Å²) >= 11 is 1.68. The molecule has 0 aliphatic rings. The van der Waals surface area contributed by atoms with Crippen LogP contribution in [-0.2, 0) is 13.0 Å². The fraction of sp³-hybridized carbons (Fsp3) is 0.500. The number of hydrogen-bond donors (Lipinski definition) is 2. The molecule has 5 heteroatoms. The lowest BCUT2D eigenvalue weighted by molar-refractivity contribution is 0.582. The van der Waals surface area contributed by atoms with Crippen molar-refractivity contribution in [2.24, 2.45) is 0 Å². The molecule has 0 fully saturated rings. The van der Waals surface area contributed by atoms with E-state index in [-0.39, 0.29) is 0 Å². The standard InChI is InChI=1S/C12H18N4S/c1-8(2)13-5-11-6-14-12(16-11)4-10-7-17-9(3)15-10/h6-8,13H,4-5H2,1-3H3,(H,14,16). The van der Waals surface area contributed by atoms with Crippen LogP contribution < -0.4 is 5.32 Å². The predicted molar refractivity (Wildman–Crippen MR) is 70.2 cm³/mol. The first-order valence-corrected chi connectivity index (χ1v) is 6.68. The minimum atomic E-state index is 0.489. The number of H-pyrrole nitrogens is 1. The van der Waals surface area contributed by atoms with E-state index in [1.54, 1.807) is 11.3 Å². The van der Waals surface area contributed by atoms with Gasteiger partial charge in [0.05, 0.1) is 10.7 Å². The maximum absolute atomic E-state index is 4.43. The van der Waals surface area contributed by atoms with Gasteiger partial charge in [0, 0.05) is 36.3 Å². The Morgan fingerprint density at radius 2 is 2.29 bits per heavy atom. The largest absolute Gasteiger partial charge is 0.344 e. The molecule has 0 aromatic carbocycles. The van der Waals surface area contributed by atoms with Crippen LogP contribution >= 0.6 is 11.3 Å². The highest BCUT2D eigenvalue weighted by Crippen LogP contribution is 2.11. The number of rotatable bonds is 5. The van der Waals surface area contributed by atoms with Crippen molar-refractivity contribution in [3.05, 3.63) is 33.8 Å². The van der Waals surface area contributed by atoms with Crippen molar-refractivity contribution in [1.29, 1.82) is 0 Å². The number of aromatic nitrogens is 3. The van der Waals surface area contributed by atoms with E-state index in [0.717, 1.165) is 35.2 Å². The van der Waals surface area contributed by atoms with E-state index in [2.05, 4.69) is 39.5 Å². The third-order valence-corrected chi connectivity index (χ3v) is 3.22. The van der Waals surface area contributed by atoms with Crippen LogP contribution in [0.4, 0.5) is 0 Å². The maximum Gasteiger partial charge on any atom is 0.112 e. The Morgan fingerprint density at radius 3 is 2.94 bits per heavy atom. The first-order valence-electron chi connectivity index (χ1n) is 5.80. The summed E-state index contributed by atoms with van der Waals surface area (Å²) in [7, 11) is 0. The zero-order chi connectivity index (χ0) is 12.3. The van der Waals surface area contributed by atoms with Gasteiger partial charge in [0.25, 0.3) is 0 Å². The number of aromatic amines is 1. The molecule has 0 aliphatic carbocycles. The summed E-state index contributed by atoms with van der Waals surface area (Å²) in [6.45, 7) is 7.12. The number of nitrogens with one attached hydrogen (secondary N) is 2. The van der Waals surface area contributed by atoms with Gasteiger partial charge in [-0.25, -0.2) is 9.97 Å². The van der Waals surface area contributed by atoms with Crippen molar-refractivity contribution in [3.63, 3.8) is 0 Å². The molecular formula is C12H18N4S. The number of aryl methyl sites for hydroxylation is 1. The summed E-state index contributed by atoms with van der Waals surface area (Å²) in [5.74, 6) is 0.982. The summed E-state index contributed by atoms with van der Waals surface area (Å²) < 4.78 is 0. The minimum Gasteiger partial charge on any atom is -0.344 e. The Labute approximate surface area is 106 Å². The lowest BCUT2D eigenvalue weighted by atomic mass is 10.3. The van der Waals surface area contributed by atoms with Crippen LogP contribution in [0.5, 0.6) is 0 Å². The first-order chi connectivity index (χ1) is 8.13. The van der Waals surface area contributed by atoms with Gasteiger partial charge in [-0.15, -0.1) is 11.3 Å². The van der Waals surface area contributed by atoms with Crippen molar-refractivity contribution in [1.82, 2.24) is 20.3 Å². The molecule has 0 amide bonds. The third kappa shape index (κ3) is 3.64. The second-order valence-electron chi connectivity index (χ2n) is 4.43. The topological polar surface area (TPSA) is 53.6 Å². The Balaban J connectivity index is 1.94. The van der Waals surface area contributed by atoms with Crippen molar-refractivity contribution in [3.8, 4) is 0 Å². The average Bonchev–Trinajstić information content (AvgIpc) is 2.86. The molecule has 92 valence electrons. The van der Waals surface area contributed by atoms with Crippen molar-refractivity contribution in [2.75, 3.05) is 0 Å². The highest BCUT2D eigenvalue weighted by molar-refractivity contribution is 7.09. The molecule has 2 heterocycles. The molecule has 2 aromatic rings. The van der Waals surface area contributed by atoms with Gasteiger partial charge >= 0.3 is 0 Å². The minimum absolute atomic E-state index is 0.489. The highest BCUT2D eigenvalue weighted by atomic mass is 32.1. The van der Waals surface area contributed by atoms with Crippen LogP contribution in [0.1, 0.15) is 36.1 Å². The van der Waals surface area contributed by atoms with E-state index < -0.39 is 0 Å². The molecule has 2 N–H and O–H groups in total. The summed E-state index contributed by atoms with van der Waals surface area (Å²) in [4.78, 5) is 12.1. The van der Waals surface area contributed by atoms with Gasteiger partial charge in [-0.2, -0.15) is 0 Å². The van der Waals surface area contributed by atoms with Gasteiger partial charge in [-0.3, -0.25) is 0 Å². The first kappa shape index (κ1) is 12.3. The lowest BCUT2D eigenvalue weighted by Gasteiger charge is -2.05. The summed E-state index contributed by atoms with van der Waals surface area (Å²) in [5.41, 5.74) is 2.21. The molecule has 0 radical (unpaired) electrons. The Bertz CT molecular complexity index is 472. The van der Waals surface area contributed by atoms with Crippen molar-refractivity contribution >= 4 is 11.3 Å². The molecule has 0 unspecified atom stereocenters. The molecular weight excluding hydrogens is 232 g/mol. The van der Waals surface area contributed by atoms with Gasteiger partial charge < -0.3 is 10.3 Å². The Morgan fingerprint density at radius 1 is 1.47 bits per heavy atom. The van der Waals surface area contributed by atoms with Crippen LogP contribution in [0.3, 0.4) is 0 Å². The fourth-order valence-corrected chi connectivity index (χ4v) is 2.17. The molecule has 2 rings (SSSR count). The van der Waals surface area contributed by atoms with E-state index in [4.69, 9.17) is 0 Å². The molecule has 0 aliphatic heterocycles. The number of nitrogens with zero attached hydrogens (tertiary/aromatic N) is 2. The van der Waals surface area contributed by atoms with E-state index in [9.17, 15) is 0 Å². The molecule has 0 atom stereocenters. The summed E-state index contributed by atoms with van der Waals surface area (Å²) in [6.07, 6.45) is 2.68. The van der Waals surface area contributed by atoms with Gasteiger partial charge in [-0.1, -0.05) is 13.8 Å². The summed E-state index contributed by atoms with van der Waals surface area (Å²) in [5, 5.41) is 6.55.